The molecule has 14 heavy (non-hydrogen) atoms. The van der Waals surface area contributed by atoms with Crippen molar-refractivity contribution in [3.63, 3.8) is 0 Å². The number of rotatable bonds is 1. The third-order valence-corrected chi connectivity index (χ3v) is 2.44. The average Bonchev–Trinajstić information content (AvgIpc) is 2.67. The molecule has 0 radical (unpaired) electrons. The molecule has 0 aliphatic heterocycles. The van der Waals surface area contributed by atoms with Crippen LogP contribution < -0.4 is 0 Å². The molecule has 0 aliphatic rings. The van der Waals surface area contributed by atoms with Gasteiger partial charge in [-0.2, -0.15) is 5.10 Å². The molecule has 0 fully saturated rings. The molecule has 0 saturated carbocycles. The Morgan fingerprint density at radius 2 is 1.86 bits per heavy atom. The molecular formula is C10H11N3O. The molecule has 0 aromatic carbocycles. The van der Waals surface area contributed by atoms with E-state index < -0.39 is 0 Å². The molecule has 0 spiro atoms. The van der Waals surface area contributed by atoms with Crippen molar-refractivity contribution in [2.45, 2.75) is 20.8 Å². The standard InChI is InChI=1S/C10H11N3O/c1-6-7(2)10(13-12-8(6)3)9-4-14-5-11-9/h4-5H,1-3H3. The van der Waals surface area contributed by atoms with Gasteiger partial charge in [-0.3, -0.25) is 0 Å². The smallest absolute Gasteiger partial charge is 0.181 e. The van der Waals surface area contributed by atoms with Gasteiger partial charge in [0.05, 0.1) is 5.69 Å². The Morgan fingerprint density at radius 3 is 2.50 bits per heavy atom. The largest absolute Gasteiger partial charge is 0.451 e. The molecule has 2 heterocycles. The zero-order valence-electron chi connectivity index (χ0n) is 8.40. The molecule has 0 atom stereocenters. The lowest BCUT2D eigenvalue weighted by Gasteiger charge is -2.05. The first-order chi connectivity index (χ1) is 6.70. The highest BCUT2D eigenvalue weighted by molar-refractivity contribution is 5.58. The van der Waals surface area contributed by atoms with E-state index in [9.17, 15) is 0 Å². The van der Waals surface area contributed by atoms with E-state index in [2.05, 4.69) is 15.2 Å². The summed E-state index contributed by atoms with van der Waals surface area (Å²) in [4.78, 5) is 4.05. The van der Waals surface area contributed by atoms with Crippen LogP contribution in [0.1, 0.15) is 16.8 Å². The molecule has 2 aromatic rings. The maximum Gasteiger partial charge on any atom is 0.181 e. The van der Waals surface area contributed by atoms with Gasteiger partial charge < -0.3 is 4.42 Å². The van der Waals surface area contributed by atoms with Crippen molar-refractivity contribution in [1.29, 1.82) is 0 Å². The molecule has 0 amide bonds. The Hall–Kier alpha value is -1.71. The van der Waals surface area contributed by atoms with Crippen LogP contribution in [0.25, 0.3) is 11.4 Å². The van der Waals surface area contributed by atoms with Crippen LogP contribution in [0.2, 0.25) is 0 Å². The van der Waals surface area contributed by atoms with Gasteiger partial charge in [-0.1, -0.05) is 0 Å². The Labute approximate surface area is 82.0 Å². The van der Waals surface area contributed by atoms with Crippen molar-refractivity contribution in [1.82, 2.24) is 15.2 Å². The predicted molar refractivity (Wildman–Crippen MR) is 51.7 cm³/mol. The lowest BCUT2D eigenvalue weighted by Crippen LogP contribution is -1.98. The zero-order valence-corrected chi connectivity index (χ0v) is 8.40. The topological polar surface area (TPSA) is 51.8 Å². The Balaban J connectivity index is 2.61. The molecule has 4 heteroatoms. The van der Waals surface area contributed by atoms with E-state index in [1.807, 2.05) is 20.8 Å². The van der Waals surface area contributed by atoms with Gasteiger partial charge in [-0.05, 0) is 31.9 Å². The van der Waals surface area contributed by atoms with Crippen LogP contribution >= 0.6 is 0 Å². The molecule has 0 saturated heterocycles. The minimum atomic E-state index is 0.734. The summed E-state index contributed by atoms with van der Waals surface area (Å²) in [5.41, 5.74) is 4.74. The molecule has 0 aliphatic carbocycles. The molecule has 2 rings (SSSR count). The summed E-state index contributed by atoms with van der Waals surface area (Å²) < 4.78 is 4.92. The van der Waals surface area contributed by atoms with E-state index in [1.54, 1.807) is 6.26 Å². The zero-order chi connectivity index (χ0) is 10.1. The van der Waals surface area contributed by atoms with Crippen molar-refractivity contribution in [2.75, 3.05) is 0 Å². The van der Waals surface area contributed by atoms with Crippen LogP contribution in [-0.2, 0) is 0 Å². The van der Waals surface area contributed by atoms with E-state index in [0.717, 1.165) is 28.2 Å². The summed E-state index contributed by atoms with van der Waals surface area (Å²) in [7, 11) is 0. The van der Waals surface area contributed by atoms with Crippen molar-refractivity contribution < 1.29 is 4.42 Å². The summed E-state index contributed by atoms with van der Waals surface area (Å²) in [6, 6.07) is 0. The van der Waals surface area contributed by atoms with Crippen molar-refractivity contribution in [3.05, 3.63) is 29.5 Å². The van der Waals surface area contributed by atoms with Gasteiger partial charge in [-0.15, -0.1) is 5.10 Å². The van der Waals surface area contributed by atoms with Crippen molar-refractivity contribution >= 4 is 0 Å². The van der Waals surface area contributed by atoms with Crippen molar-refractivity contribution in [3.8, 4) is 11.4 Å². The lowest BCUT2D eigenvalue weighted by molar-refractivity contribution is 0.558. The minimum absolute atomic E-state index is 0.734. The average molecular weight is 189 g/mol. The number of hydrogen-bond acceptors (Lipinski definition) is 4. The molecule has 4 nitrogen and oxygen atoms in total. The second-order valence-electron chi connectivity index (χ2n) is 3.26. The van der Waals surface area contributed by atoms with Crippen LogP contribution in [0.5, 0.6) is 0 Å². The highest BCUT2D eigenvalue weighted by Crippen LogP contribution is 2.21. The molecule has 0 N–H and O–H groups in total. The fraction of sp³-hybridized carbons (Fsp3) is 0.300. The van der Waals surface area contributed by atoms with E-state index in [4.69, 9.17) is 4.42 Å². The second-order valence-corrected chi connectivity index (χ2v) is 3.26. The predicted octanol–water partition coefficient (Wildman–Crippen LogP) is 2.06. The molecule has 2 aromatic heterocycles. The molecule has 0 unspecified atom stereocenters. The summed E-state index contributed by atoms with van der Waals surface area (Å²) in [5, 5.41) is 8.17. The fourth-order valence-electron chi connectivity index (χ4n) is 1.30. The minimum Gasteiger partial charge on any atom is -0.451 e. The van der Waals surface area contributed by atoms with E-state index >= 15 is 0 Å². The Bertz CT molecular complexity index is 449. The maximum absolute atomic E-state index is 4.92. The quantitative estimate of drug-likeness (QED) is 0.689. The highest BCUT2D eigenvalue weighted by atomic mass is 16.3. The van der Waals surface area contributed by atoms with E-state index in [1.165, 1.54) is 6.39 Å². The Kier molecular flexibility index (Phi) is 2.04. The van der Waals surface area contributed by atoms with Gasteiger partial charge in [0.15, 0.2) is 6.39 Å². The first-order valence-corrected chi connectivity index (χ1v) is 4.39. The molecule has 0 bridgehead atoms. The first-order valence-electron chi connectivity index (χ1n) is 4.39. The highest BCUT2D eigenvalue weighted by Gasteiger charge is 2.10. The van der Waals surface area contributed by atoms with E-state index in [0.29, 0.717) is 0 Å². The van der Waals surface area contributed by atoms with E-state index in [-0.39, 0.29) is 0 Å². The Morgan fingerprint density at radius 1 is 1.07 bits per heavy atom. The summed E-state index contributed by atoms with van der Waals surface area (Å²) >= 11 is 0. The number of aromatic nitrogens is 3. The summed E-state index contributed by atoms with van der Waals surface area (Å²) in [5.74, 6) is 0. The van der Waals surface area contributed by atoms with Gasteiger partial charge in [0.1, 0.15) is 17.7 Å². The van der Waals surface area contributed by atoms with Gasteiger partial charge >= 0.3 is 0 Å². The maximum atomic E-state index is 4.92. The first kappa shape index (κ1) is 8.87. The van der Waals surface area contributed by atoms with Crippen molar-refractivity contribution in [2.24, 2.45) is 0 Å². The monoisotopic (exact) mass is 189 g/mol. The SMILES string of the molecule is Cc1nnc(-c2cocn2)c(C)c1C. The summed E-state index contributed by atoms with van der Waals surface area (Å²) in [6.45, 7) is 5.99. The van der Waals surface area contributed by atoms with Gasteiger partial charge in [-0.25, -0.2) is 4.98 Å². The second kappa shape index (κ2) is 3.21. The number of nitrogens with zero attached hydrogens (tertiary/aromatic N) is 3. The van der Waals surface area contributed by atoms with Crippen LogP contribution in [-0.4, -0.2) is 15.2 Å². The third-order valence-electron chi connectivity index (χ3n) is 2.44. The summed E-state index contributed by atoms with van der Waals surface area (Å²) in [6.07, 6.45) is 2.97. The molecule has 72 valence electrons. The normalized spacial score (nSPS) is 10.5. The van der Waals surface area contributed by atoms with Gasteiger partial charge in [0.25, 0.3) is 0 Å². The third kappa shape index (κ3) is 1.28. The number of aryl methyl sites for hydroxylation is 1. The van der Waals surface area contributed by atoms with Crippen LogP contribution in [0, 0.1) is 20.8 Å². The lowest BCUT2D eigenvalue weighted by atomic mass is 10.1. The number of hydrogen-bond donors (Lipinski definition) is 0. The molecular weight excluding hydrogens is 178 g/mol. The van der Waals surface area contributed by atoms with Crippen LogP contribution in [0.4, 0.5) is 0 Å². The van der Waals surface area contributed by atoms with Gasteiger partial charge in [0, 0.05) is 0 Å². The van der Waals surface area contributed by atoms with Crippen LogP contribution in [0.3, 0.4) is 0 Å². The van der Waals surface area contributed by atoms with Gasteiger partial charge in [0.2, 0.25) is 0 Å². The number of oxazole rings is 1. The fourth-order valence-corrected chi connectivity index (χ4v) is 1.30. The van der Waals surface area contributed by atoms with Crippen LogP contribution in [0.15, 0.2) is 17.1 Å².